The second-order valence-electron chi connectivity index (χ2n) is 9.35. The summed E-state index contributed by atoms with van der Waals surface area (Å²) < 4.78 is 13.7. The molecule has 2 N–H and O–H groups in total. The van der Waals surface area contributed by atoms with Crippen molar-refractivity contribution in [3.63, 3.8) is 0 Å². The lowest BCUT2D eigenvalue weighted by Crippen LogP contribution is -2.35. The number of carbonyl (C=O) groups is 1. The van der Waals surface area contributed by atoms with E-state index in [1.807, 2.05) is 24.3 Å². The van der Waals surface area contributed by atoms with Crippen molar-refractivity contribution in [3.05, 3.63) is 95.3 Å². The third-order valence-electron chi connectivity index (χ3n) is 7.22. The average Bonchev–Trinajstić information content (AvgIpc) is 3.56. The molecule has 2 unspecified atom stereocenters. The Bertz CT molecular complexity index is 1110. The highest BCUT2D eigenvalue weighted by molar-refractivity contribution is 5.95. The van der Waals surface area contributed by atoms with Crippen LogP contribution in [0.2, 0.25) is 0 Å². The molecule has 5 heteroatoms. The first-order chi connectivity index (χ1) is 16.6. The van der Waals surface area contributed by atoms with Crippen molar-refractivity contribution in [2.24, 2.45) is 0 Å². The van der Waals surface area contributed by atoms with Crippen molar-refractivity contribution in [2.75, 3.05) is 16.8 Å². The topological polar surface area (TPSA) is 44.4 Å². The Kier molecular flexibility index (Phi) is 6.63. The van der Waals surface area contributed by atoms with Gasteiger partial charge in [-0.25, -0.2) is 4.39 Å². The van der Waals surface area contributed by atoms with Crippen LogP contribution in [0.4, 0.5) is 15.8 Å². The van der Waals surface area contributed by atoms with Gasteiger partial charge in [0.15, 0.2) is 0 Å². The molecule has 0 spiro atoms. The van der Waals surface area contributed by atoms with Crippen LogP contribution in [0.5, 0.6) is 0 Å². The monoisotopic (exact) mass is 457 g/mol. The summed E-state index contributed by atoms with van der Waals surface area (Å²) in [5.74, 6) is -0.185. The van der Waals surface area contributed by atoms with Gasteiger partial charge in [-0.3, -0.25) is 4.79 Å². The summed E-state index contributed by atoms with van der Waals surface area (Å²) in [4.78, 5) is 14.9. The van der Waals surface area contributed by atoms with E-state index >= 15 is 0 Å². The van der Waals surface area contributed by atoms with Crippen molar-refractivity contribution < 1.29 is 9.18 Å². The third-order valence-corrected chi connectivity index (χ3v) is 7.22. The first kappa shape index (κ1) is 22.6. The molecule has 3 aromatic rings. The predicted molar refractivity (Wildman–Crippen MR) is 136 cm³/mol. The number of halogens is 1. The molecule has 5 rings (SSSR count). The quantitative estimate of drug-likeness (QED) is 0.466. The van der Waals surface area contributed by atoms with Gasteiger partial charge in [0.05, 0.1) is 18.1 Å². The van der Waals surface area contributed by atoms with E-state index in [4.69, 9.17) is 0 Å². The Morgan fingerprint density at radius 2 is 1.53 bits per heavy atom. The van der Waals surface area contributed by atoms with Gasteiger partial charge in [-0.1, -0.05) is 43.3 Å². The molecule has 176 valence electrons. The van der Waals surface area contributed by atoms with Crippen LogP contribution in [0.25, 0.3) is 0 Å². The minimum Gasteiger partial charge on any atom is -0.357 e. The molecule has 0 bridgehead atoms. The number of nitrogens with zero attached hydrogens (tertiary/aromatic N) is 1. The average molecular weight is 458 g/mol. The maximum Gasteiger partial charge on any atom is 0.241 e. The third kappa shape index (κ3) is 4.71. The van der Waals surface area contributed by atoms with Crippen LogP contribution in [0.1, 0.15) is 61.4 Å². The number of amides is 1. The molecule has 2 saturated heterocycles. The molecule has 34 heavy (non-hydrogen) atoms. The summed E-state index contributed by atoms with van der Waals surface area (Å²) in [7, 11) is 0. The Morgan fingerprint density at radius 1 is 0.912 bits per heavy atom. The second-order valence-corrected chi connectivity index (χ2v) is 9.35. The van der Waals surface area contributed by atoms with Gasteiger partial charge in [0.2, 0.25) is 5.91 Å². The number of aryl methyl sites for hydroxylation is 1. The molecule has 4 nitrogen and oxygen atoms in total. The van der Waals surface area contributed by atoms with Crippen molar-refractivity contribution in [3.8, 4) is 0 Å². The Labute approximate surface area is 201 Å². The highest BCUT2D eigenvalue weighted by Gasteiger charge is 2.35. The maximum absolute atomic E-state index is 13.7. The van der Waals surface area contributed by atoms with Gasteiger partial charge < -0.3 is 15.5 Å². The molecule has 0 aliphatic carbocycles. The number of hydrogen-bond acceptors (Lipinski definition) is 3. The van der Waals surface area contributed by atoms with Gasteiger partial charge in [-0.05, 0) is 91.7 Å². The molecule has 0 saturated carbocycles. The fourth-order valence-electron chi connectivity index (χ4n) is 5.34. The van der Waals surface area contributed by atoms with Gasteiger partial charge in [-0.15, -0.1) is 0 Å². The minimum atomic E-state index is -0.222. The van der Waals surface area contributed by atoms with E-state index in [2.05, 4.69) is 58.9 Å². The number of carbonyl (C=O) groups excluding carboxylic acids is 1. The highest BCUT2D eigenvalue weighted by atomic mass is 19.1. The van der Waals surface area contributed by atoms with E-state index in [0.717, 1.165) is 50.0 Å². The zero-order chi connectivity index (χ0) is 23.5. The number of anilines is 2. The van der Waals surface area contributed by atoms with Crippen LogP contribution in [0.3, 0.4) is 0 Å². The first-order valence-corrected chi connectivity index (χ1v) is 12.4. The SMILES string of the molecule is CCc1ccc(C2CCC(c3ccc(NC(=O)[C@@H]4CCCN4)cc3)N2c2ccc(F)cc2)cc1. The molecule has 2 heterocycles. The summed E-state index contributed by atoms with van der Waals surface area (Å²) in [6.45, 7) is 3.07. The van der Waals surface area contributed by atoms with Crippen molar-refractivity contribution >= 4 is 17.3 Å². The van der Waals surface area contributed by atoms with E-state index < -0.39 is 0 Å². The molecule has 1 amide bonds. The van der Waals surface area contributed by atoms with Gasteiger partial charge in [0.25, 0.3) is 0 Å². The van der Waals surface area contributed by atoms with Crippen LogP contribution in [0, 0.1) is 5.82 Å². The normalized spacial score (nSPS) is 22.2. The highest BCUT2D eigenvalue weighted by Crippen LogP contribution is 2.47. The molecule has 2 aliphatic heterocycles. The lowest BCUT2D eigenvalue weighted by atomic mass is 10.0. The molecule has 0 radical (unpaired) electrons. The van der Waals surface area contributed by atoms with E-state index in [9.17, 15) is 9.18 Å². The molecule has 0 aromatic heterocycles. The molecular formula is C29H32FN3O. The lowest BCUT2D eigenvalue weighted by Gasteiger charge is -2.33. The largest absolute Gasteiger partial charge is 0.357 e. The van der Waals surface area contributed by atoms with Gasteiger partial charge in [-0.2, -0.15) is 0 Å². The first-order valence-electron chi connectivity index (χ1n) is 12.4. The van der Waals surface area contributed by atoms with Crippen molar-refractivity contribution in [1.82, 2.24) is 5.32 Å². The van der Waals surface area contributed by atoms with Crippen molar-refractivity contribution in [1.29, 1.82) is 0 Å². The number of hydrogen-bond donors (Lipinski definition) is 2. The van der Waals surface area contributed by atoms with E-state index in [0.29, 0.717) is 0 Å². The summed E-state index contributed by atoms with van der Waals surface area (Å²) in [5, 5.41) is 6.28. The summed E-state index contributed by atoms with van der Waals surface area (Å²) >= 11 is 0. The maximum atomic E-state index is 13.7. The fourth-order valence-corrected chi connectivity index (χ4v) is 5.34. The molecule has 3 aromatic carbocycles. The Morgan fingerprint density at radius 3 is 2.09 bits per heavy atom. The van der Waals surface area contributed by atoms with Crippen LogP contribution in [-0.4, -0.2) is 18.5 Å². The van der Waals surface area contributed by atoms with Crippen LogP contribution < -0.4 is 15.5 Å². The van der Waals surface area contributed by atoms with Crippen molar-refractivity contribution in [2.45, 2.75) is 57.2 Å². The zero-order valence-corrected chi connectivity index (χ0v) is 19.6. The summed E-state index contributed by atoms with van der Waals surface area (Å²) in [6, 6.07) is 24.3. The van der Waals surface area contributed by atoms with Gasteiger partial charge >= 0.3 is 0 Å². The molecule has 2 fully saturated rings. The molecule has 2 aliphatic rings. The smallest absolute Gasteiger partial charge is 0.241 e. The Balaban J connectivity index is 1.40. The van der Waals surface area contributed by atoms with E-state index in [1.54, 1.807) is 0 Å². The zero-order valence-electron chi connectivity index (χ0n) is 19.6. The van der Waals surface area contributed by atoms with Crippen LogP contribution in [0.15, 0.2) is 72.8 Å². The standard InChI is InChI=1S/C29H32FN3O/c1-2-20-5-7-21(8-6-20)27-17-18-28(33(27)25-15-11-23(30)12-16-25)22-9-13-24(14-10-22)32-29(34)26-4-3-19-31-26/h5-16,26-28,31H,2-4,17-19H2,1H3,(H,32,34)/t26-,27?,28?/m0/s1. The van der Waals surface area contributed by atoms with Crippen LogP contribution >= 0.6 is 0 Å². The molecular weight excluding hydrogens is 425 g/mol. The van der Waals surface area contributed by atoms with E-state index in [1.165, 1.54) is 28.8 Å². The summed E-state index contributed by atoms with van der Waals surface area (Å²) in [6.07, 6.45) is 4.99. The second kappa shape index (κ2) is 9.98. The predicted octanol–water partition coefficient (Wildman–Crippen LogP) is 6.16. The summed E-state index contributed by atoms with van der Waals surface area (Å²) in [5.41, 5.74) is 5.67. The van der Waals surface area contributed by atoms with Gasteiger partial charge in [0.1, 0.15) is 5.82 Å². The number of rotatable bonds is 6. The minimum absolute atomic E-state index is 0.0367. The fraction of sp³-hybridized carbons (Fsp3) is 0.345. The van der Waals surface area contributed by atoms with Gasteiger partial charge in [0, 0.05) is 11.4 Å². The Hall–Kier alpha value is -3.18. The number of benzene rings is 3. The number of nitrogens with one attached hydrogen (secondary N) is 2. The van der Waals surface area contributed by atoms with E-state index in [-0.39, 0.29) is 29.8 Å². The van der Waals surface area contributed by atoms with Crippen LogP contribution in [-0.2, 0) is 11.2 Å². The molecule has 3 atom stereocenters. The lowest BCUT2D eigenvalue weighted by molar-refractivity contribution is -0.117.